The molecule has 0 amide bonds. The van der Waals surface area contributed by atoms with Crippen LogP contribution in [-0.2, 0) is 15.7 Å². The van der Waals surface area contributed by atoms with Crippen molar-refractivity contribution in [2.24, 2.45) is 5.41 Å². The summed E-state index contributed by atoms with van der Waals surface area (Å²) in [4.78, 5) is 11.8. The average Bonchev–Trinajstić information content (AvgIpc) is 3.28. The van der Waals surface area contributed by atoms with Crippen molar-refractivity contribution in [1.29, 1.82) is 0 Å². The van der Waals surface area contributed by atoms with E-state index in [-0.39, 0.29) is 16.8 Å². The van der Waals surface area contributed by atoms with Crippen molar-refractivity contribution >= 4 is 17.0 Å². The highest BCUT2D eigenvalue weighted by Gasteiger charge is 2.37. The summed E-state index contributed by atoms with van der Waals surface area (Å²) in [5, 5.41) is 0. The van der Waals surface area contributed by atoms with Gasteiger partial charge in [0.15, 0.2) is 0 Å². The summed E-state index contributed by atoms with van der Waals surface area (Å²) in [6.07, 6.45) is 4.62. The standard InChI is InChI=1S/C20H31NO3S/c1-6-24-18(22)16-9-7-15(8-10-16)17(11-12-20(5)13-14-20)21-25(23)19(2,3)4/h7-10,17,21H,6,11-14H2,1-5H3/t17-,25+/m1/s1. The fourth-order valence-corrected chi connectivity index (χ4v) is 3.49. The molecule has 2 atom stereocenters. The molecule has 5 heteroatoms. The van der Waals surface area contributed by atoms with Crippen LogP contribution in [0.2, 0.25) is 0 Å². The minimum atomic E-state index is -1.13. The smallest absolute Gasteiger partial charge is 0.338 e. The predicted octanol–water partition coefficient (Wildman–Crippen LogP) is 4.54. The van der Waals surface area contributed by atoms with Crippen LogP contribution >= 0.6 is 0 Å². The molecule has 1 N–H and O–H groups in total. The molecule has 1 aromatic rings. The van der Waals surface area contributed by atoms with E-state index in [0.29, 0.717) is 17.6 Å². The third kappa shape index (κ3) is 5.93. The van der Waals surface area contributed by atoms with Crippen molar-refractivity contribution < 1.29 is 13.7 Å². The van der Waals surface area contributed by atoms with Crippen molar-refractivity contribution in [3.8, 4) is 0 Å². The molecule has 0 spiro atoms. The monoisotopic (exact) mass is 365 g/mol. The van der Waals surface area contributed by atoms with Gasteiger partial charge in [-0.15, -0.1) is 0 Å². The number of esters is 1. The van der Waals surface area contributed by atoms with Crippen molar-refractivity contribution in [3.05, 3.63) is 35.4 Å². The molecule has 1 aliphatic rings. The van der Waals surface area contributed by atoms with Crippen LogP contribution in [0.15, 0.2) is 24.3 Å². The first kappa shape index (κ1) is 20.1. The molecule has 1 aromatic carbocycles. The predicted molar refractivity (Wildman–Crippen MR) is 103 cm³/mol. The Labute approximate surface area is 154 Å². The van der Waals surface area contributed by atoms with Gasteiger partial charge in [-0.2, -0.15) is 0 Å². The molecule has 0 heterocycles. The number of ether oxygens (including phenoxy) is 1. The van der Waals surface area contributed by atoms with Gasteiger partial charge in [-0.1, -0.05) is 19.1 Å². The molecule has 25 heavy (non-hydrogen) atoms. The lowest BCUT2D eigenvalue weighted by molar-refractivity contribution is 0.0526. The van der Waals surface area contributed by atoms with E-state index in [1.54, 1.807) is 19.1 Å². The number of nitrogens with one attached hydrogen (secondary N) is 1. The van der Waals surface area contributed by atoms with E-state index in [4.69, 9.17) is 4.74 Å². The van der Waals surface area contributed by atoms with Gasteiger partial charge in [-0.3, -0.25) is 0 Å². The van der Waals surface area contributed by atoms with Crippen LogP contribution in [0.25, 0.3) is 0 Å². The van der Waals surface area contributed by atoms with E-state index < -0.39 is 11.0 Å². The van der Waals surface area contributed by atoms with Gasteiger partial charge in [0.2, 0.25) is 0 Å². The molecule has 0 aliphatic heterocycles. The largest absolute Gasteiger partial charge is 0.462 e. The maximum atomic E-state index is 12.6. The van der Waals surface area contributed by atoms with E-state index in [1.165, 1.54) is 12.8 Å². The summed E-state index contributed by atoms with van der Waals surface area (Å²) in [6.45, 7) is 10.4. The van der Waals surface area contributed by atoms with Gasteiger partial charge in [0, 0.05) is 6.04 Å². The highest BCUT2D eigenvalue weighted by Crippen LogP contribution is 2.50. The Hall–Kier alpha value is -1.20. The molecule has 1 aliphatic carbocycles. The molecule has 0 radical (unpaired) electrons. The van der Waals surface area contributed by atoms with Crippen LogP contribution in [-0.4, -0.2) is 21.5 Å². The Morgan fingerprint density at radius 3 is 2.36 bits per heavy atom. The van der Waals surface area contributed by atoms with E-state index in [9.17, 15) is 9.00 Å². The molecule has 1 fully saturated rings. The Morgan fingerprint density at radius 1 is 1.28 bits per heavy atom. The molecular weight excluding hydrogens is 334 g/mol. The van der Waals surface area contributed by atoms with E-state index >= 15 is 0 Å². The van der Waals surface area contributed by atoms with E-state index in [0.717, 1.165) is 18.4 Å². The zero-order chi connectivity index (χ0) is 18.7. The summed E-state index contributed by atoms with van der Waals surface area (Å²) in [6, 6.07) is 7.49. The molecule has 0 aromatic heterocycles. The first-order chi connectivity index (χ1) is 11.6. The lowest BCUT2D eigenvalue weighted by Crippen LogP contribution is -2.36. The topological polar surface area (TPSA) is 55.4 Å². The molecule has 1 saturated carbocycles. The summed E-state index contributed by atoms with van der Waals surface area (Å²) >= 11 is 0. The number of carbonyl (C=O) groups excluding carboxylic acids is 1. The van der Waals surface area contributed by atoms with Crippen LogP contribution in [0.4, 0.5) is 0 Å². The normalized spacial score (nSPS) is 18.4. The molecular formula is C20H31NO3S. The van der Waals surface area contributed by atoms with Crippen LogP contribution < -0.4 is 4.72 Å². The Balaban J connectivity index is 2.12. The molecule has 2 rings (SSSR count). The van der Waals surface area contributed by atoms with Gasteiger partial charge in [0.25, 0.3) is 0 Å². The van der Waals surface area contributed by atoms with Crippen LogP contribution in [0.5, 0.6) is 0 Å². The third-order valence-electron chi connectivity index (χ3n) is 4.77. The summed E-state index contributed by atoms with van der Waals surface area (Å²) in [7, 11) is -1.13. The van der Waals surface area contributed by atoms with Gasteiger partial charge in [-0.05, 0) is 76.5 Å². The molecule has 0 saturated heterocycles. The van der Waals surface area contributed by atoms with Gasteiger partial charge in [-0.25, -0.2) is 13.7 Å². The minimum Gasteiger partial charge on any atom is -0.462 e. The Kier molecular flexibility index (Phi) is 6.44. The van der Waals surface area contributed by atoms with E-state index in [2.05, 4.69) is 11.6 Å². The molecule has 4 nitrogen and oxygen atoms in total. The first-order valence-electron chi connectivity index (χ1n) is 9.10. The number of carbonyl (C=O) groups is 1. The van der Waals surface area contributed by atoms with Crippen molar-refractivity contribution in [2.45, 2.75) is 71.1 Å². The number of benzene rings is 1. The second-order valence-corrected chi connectivity index (χ2v) is 10.2. The second kappa shape index (κ2) is 8.00. The third-order valence-corrected chi connectivity index (χ3v) is 6.38. The van der Waals surface area contributed by atoms with Gasteiger partial charge < -0.3 is 4.74 Å². The lowest BCUT2D eigenvalue weighted by atomic mass is 9.95. The molecule has 140 valence electrons. The minimum absolute atomic E-state index is 0.0220. The average molecular weight is 366 g/mol. The highest BCUT2D eigenvalue weighted by atomic mass is 32.2. The second-order valence-electron chi connectivity index (χ2n) is 8.24. The Morgan fingerprint density at radius 2 is 1.88 bits per heavy atom. The Bertz CT molecular complexity index is 615. The maximum Gasteiger partial charge on any atom is 0.338 e. The van der Waals surface area contributed by atoms with Crippen LogP contribution in [0.3, 0.4) is 0 Å². The summed E-state index contributed by atoms with van der Waals surface area (Å²) in [5.41, 5.74) is 2.07. The highest BCUT2D eigenvalue weighted by molar-refractivity contribution is 7.84. The number of hydrogen-bond acceptors (Lipinski definition) is 3. The van der Waals surface area contributed by atoms with Crippen LogP contribution in [0, 0.1) is 5.41 Å². The summed E-state index contributed by atoms with van der Waals surface area (Å²) < 4.78 is 20.6. The van der Waals surface area contributed by atoms with Crippen molar-refractivity contribution in [1.82, 2.24) is 4.72 Å². The van der Waals surface area contributed by atoms with Crippen LogP contribution in [0.1, 0.15) is 82.3 Å². The quantitative estimate of drug-likeness (QED) is 0.688. The zero-order valence-electron chi connectivity index (χ0n) is 16.1. The van der Waals surface area contributed by atoms with Gasteiger partial charge >= 0.3 is 5.97 Å². The molecule has 0 bridgehead atoms. The summed E-state index contributed by atoms with van der Waals surface area (Å²) in [5.74, 6) is -0.303. The van der Waals surface area contributed by atoms with Crippen molar-refractivity contribution in [2.75, 3.05) is 6.61 Å². The van der Waals surface area contributed by atoms with Gasteiger partial charge in [0.1, 0.15) is 0 Å². The zero-order valence-corrected chi connectivity index (χ0v) is 16.9. The van der Waals surface area contributed by atoms with Gasteiger partial charge in [0.05, 0.1) is 27.9 Å². The fourth-order valence-electron chi connectivity index (χ4n) is 2.62. The molecule has 0 unspecified atom stereocenters. The number of hydrogen-bond donors (Lipinski definition) is 1. The van der Waals surface area contributed by atoms with Crippen molar-refractivity contribution in [3.63, 3.8) is 0 Å². The first-order valence-corrected chi connectivity index (χ1v) is 10.2. The maximum absolute atomic E-state index is 12.6. The van der Waals surface area contributed by atoms with E-state index in [1.807, 2.05) is 32.9 Å². The fraction of sp³-hybridized carbons (Fsp3) is 0.650. The SMILES string of the molecule is CCOC(=O)c1ccc([C@@H](CCC2(C)CC2)N[S@@](=O)C(C)(C)C)cc1. The lowest BCUT2D eigenvalue weighted by Gasteiger charge is -2.25. The number of rotatable bonds is 8.